The number of rotatable bonds is 7. The fourth-order valence-electron chi connectivity index (χ4n) is 3.06. The van der Waals surface area contributed by atoms with Gasteiger partial charge in [0.1, 0.15) is 0 Å². The van der Waals surface area contributed by atoms with Crippen molar-refractivity contribution in [2.24, 2.45) is 0 Å². The van der Waals surface area contributed by atoms with Crippen molar-refractivity contribution in [1.29, 1.82) is 0 Å². The molecule has 3 rings (SSSR count). The van der Waals surface area contributed by atoms with Crippen LogP contribution < -0.4 is 4.72 Å². The summed E-state index contributed by atoms with van der Waals surface area (Å²) in [6, 6.07) is 11.7. The molecule has 0 saturated carbocycles. The number of ether oxygens (including phenoxy) is 1. The second-order valence-electron chi connectivity index (χ2n) is 6.69. The highest BCUT2D eigenvalue weighted by Gasteiger charge is 2.27. The molecular formula is C19H22N2O6S2. The zero-order valence-electron chi connectivity index (χ0n) is 15.9. The van der Waals surface area contributed by atoms with Gasteiger partial charge in [0.25, 0.3) is 0 Å². The molecule has 1 heterocycles. The van der Waals surface area contributed by atoms with Crippen molar-refractivity contribution in [1.82, 2.24) is 4.31 Å². The van der Waals surface area contributed by atoms with Crippen LogP contribution >= 0.6 is 0 Å². The molecule has 0 bridgehead atoms. The summed E-state index contributed by atoms with van der Waals surface area (Å²) in [4.78, 5) is 11.6. The second kappa shape index (κ2) is 8.52. The van der Waals surface area contributed by atoms with E-state index in [0.717, 1.165) is 12.8 Å². The summed E-state index contributed by atoms with van der Waals surface area (Å²) in [6.07, 6.45) is 1.69. The number of esters is 1. The fourth-order valence-corrected chi connectivity index (χ4v) is 5.78. The van der Waals surface area contributed by atoms with Gasteiger partial charge in [-0.2, -0.15) is 4.31 Å². The van der Waals surface area contributed by atoms with Crippen LogP contribution in [0.4, 0.5) is 5.69 Å². The Labute approximate surface area is 170 Å². The van der Waals surface area contributed by atoms with Crippen molar-refractivity contribution in [2.75, 3.05) is 24.9 Å². The smallest absolute Gasteiger partial charge is 0.337 e. The lowest BCUT2D eigenvalue weighted by Crippen LogP contribution is -2.27. The average molecular weight is 439 g/mol. The highest BCUT2D eigenvalue weighted by Crippen LogP contribution is 2.23. The van der Waals surface area contributed by atoms with Gasteiger partial charge in [0.15, 0.2) is 0 Å². The molecule has 1 aliphatic heterocycles. The quantitative estimate of drug-likeness (QED) is 0.664. The topological polar surface area (TPSA) is 110 Å². The van der Waals surface area contributed by atoms with E-state index in [1.807, 2.05) is 0 Å². The second-order valence-corrected chi connectivity index (χ2v) is 10.3. The van der Waals surface area contributed by atoms with Gasteiger partial charge in [0.2, 0.25) is 20.0 Å². The van der Waals surface area contributed by atoms with Gasteiger partial charge in [-0.05, 0) is 54.8 Å². The summed E-state index contributed by atoms with van der Waals surface area (Å²) in [5.74, 6) is -0.788. The van der Waals surface area contributed by atoms with E-state index >= 15 is 0 Å². The Kier molecular flexibility index (Phi) is 6.25. The minimum Gasteiger partial charge on any atom is -0.465 e. The van der Waals surface area contributed by atoms with Crippen molar-refractivity contribution in [3.63, 3.8) is 0 Å². The number of carbonyl (C=O) groups excluding carboxylic acids is 1. The van der Waals surface area contributed by atoms with E-state index in [0.29, 0.717) is 24.2 Å². The van der Waals surface area contributed by atoms with Gasteiger partial charge in [-0.1, -0.05) is 12.1 Å². The predicted octanol–water partition coefficient (Wildman–Crippen LogP) is 2.20. The van der Waals surface area contributed by atoms with E-state index in [9.17, 15) is 21.6 Å². The maximum atomic E-state index is 12.5. The van der Waals surface area contributed by atoms with Crippen molar-refractivity contribution in [3.05, 3.63) is 59.7 Å². The van der Waals surface area contributed by atoms with E-state index < -0.39 is 26.0 Å². The Hall–Kier alpha value is -2.43. The normalized spacial score (nSPS) is 15.2. The van der Waals surface area contributed by atoms with Crippen LogP contribution in [0.5, 0.6) is 0 Å². The maximum absolute atomic E-state index is 12.5. The van der Waals surface area contributed by atoms with Gasteiger partial charge in [-0.3, -0.25) is 4.72 Å². The van der Waals surface area contributed by atoms with Crippen molar-refractivity contribution >= 4 is 31.7 Å². The molecule has 0 atom stereocenters. The first-order valence-electron chi connectivity index (χ1n) is 8.99. The minimum absolute atomic E-state index is 0.140. The van der Waals surface area contributed by atoms with E-state index in [1.54, 1.807) is 0 Å². The number of sulfonamides is 2. The van der Waals surface area contributed by atoms with Gasteiger partial charge in [-0.25, -0.2) is 21.6 Å². The van der Waals surface area contributed by atoms with Gasteiger partial charge >= 0.3 is 5.97 Å². The van der Waals surface area contributed by atoms with E-state index in [4.69, 9.17) is 0 Å². The van der Waals surface area contributed by atoms with Crippen LogP contribution in [-0.2, 0) is 30.5 Å². The number of methoxy groups -OCH3 is 1. The number of nitrogens with one attached hydrogen (secondary N) is 1. The lowest BCUT2D eigenvalue weighted by atomic mass is 10.1. The molecule has 0 unspecified atom stereocenters. The molecule has 1 saturated heterocycles. The third-order valence-electron chi connectivity index (χ3n) is 4.56. The Bertz CT molecular complexity index is 1070. The zero-order valence-corrected chi connectivity index (χ0v) is 17.5. The van der Waals surface area contributed by atoms with Gasteiger partial charge in [0.05, 0.1) is 23.3 Å². The number of hydrogen-bond donors (Lipinski definition) is 1. The van der Waals surface area contributed by atoms with Crippen molar-refractivity contribution in [2.45, 2.75) is 23.5 Å². The molecule has 2 aromatic carbocycles. The molecule has 0 spiro atoms. The molecule has 8 nitrogen and oxygen atoms in total. The predicted molar refractivity (Wildman–Crippen MR) is 108 cm³/mol. The first-order chi connectivity index (χ1) is 13.7. The van der Waals surface area contributed by atoms with Gasteiger partial charge in [0, 0.05) is 18.8 Å². The Morgan fingerprint density at radius 2 is 1.55 bits per heavy atom. The molecule has 0 aromatic heterocycles. The number of anilines is 1. The molecule has 0 aliphatic carbocycles. The summed E-state index contributed by atoms with van der Waals surface area (Å²) < 4.78 is 58.3. The molecule has 2 aromatic rings. The molecule has 0 radical (unpaired) electrons. The molecule has 1 N–H and O–H groups in total. The third-order valence-corrected chi connectivity index (χ3v) is 7.74. The number of benzene rings is 2. The molecular weight excluding hydrogens is 416 g/mol. The zero-order chi connectivity index (χ0) is 21.1. The number of hydrogen-bond acceptors (Lipinski definition) is 6. The van der Waals surface area contributed by atoms with Crippen LogP contribution in [0.25, 0.3) is 0 Å². The monoisotopic (exact) mass is 438 g/mol. The minimum atomic E-state index is -3.72. The summed E-state index contributed by atoms with van der Waals surface area (Å²) in [6.45, 7) is 1.01. The van der Waals surface area contributed by atoms with E-state index in [2.05, 4.69) is 9.46 Å². The van der Waals surface area contributed by atoms with Crippen LogP contribution in [0.15, 0.2) is 53.4 Å². The van der Waals surface area contributed by atoms with E-state index in [1.165, 1.54) is 59.9 Å². The third kappa shape index (κ3) is 5.14. The van der Waals surface area contributed by atoms with Crippen LogP contribution in [0.3, 0.4) is 0 Å². The highest BCUT2D eigenvalue weighted by atomic mass is 32.2. The summed E-state index contributed by atoms with van der Waals surface area (Å²) in [7, 11) is -5.99. The maximum Gasteiger partial charge on any atom is 0.337 e. The van der Waals surface area contributed by atoms with Crippen molar-refractivity contribution in [3.8, 4) is 0 Å². The Morgan fingerprint density at radius 1 is 0.966 bits per heavy atom. The summed E-state index contributed by atoms with van der Waals surface area (Å²) in [5, 5.41) is 0. The van der Waals surface area contributed by atoms with Crippen LogP contribution in [0.2, 0.25) is 0 Å². The molecule has 29 heavy (non-hydrogen) atoms. The molecule has 10 heteroatoms. The molecule has 1 fully saturated rings. The van der Waals surface area contributed by atoms with Crippen molar-refractivity contribution < 1.29 is 26.4 Å². The van der Waals surface area contributed by atoms with Crippen LogP contribution in [-0.4, -0.2) is 47.3 Å². The Balaban J connectivity index is 1.68. The molecule has 156 valence electrons. The van der Waals surface area contributed by atoms with Crippen LogP contribution in [0.1, 0.15) is 28.8 Å². The van der Waals surface area contributed by atoms with Gasteiger partial charge in [-0.15, -0.1) is 0 Å². The van der Waals surface area contributed by atoms with Gasteiger partial charge < -0.3 is 4.74 Å². The van der Waals surface area contributed by atoms with E-state index in [-0.39, 0.29) is 16.3 Å². The first kappa shape index (κ1) is 21.3. The molecule has 1 aliphatic rings. The lowest BCUT2D eigenvalue weighted by molar-refractivity contribution is 0.0600. The van der Waals surface area contributed by atoms with Crippen LogP contribution in [0, 0.1) is 0 Å². The summed E-state index contributed by atoms with van der Waals surface area (Å²) >= 11 is 0. The molecule has 0 amide bonds. The standard InChI is InChI=1S/C19H22N2O6S2/c1-27-19(22)16-6-4-15(5-7-16)14-28(23,24)20-17-8-10-18(11-9-17)29(25,26)21-12-2-3-13-21/h4-11,20H,2-3,12-14H2,1H3. The number of nitrogens with zero attached hydrogens (tertiary/aromatic N) is 1. The SMILES string of the molecule is COC(=O)c1ccc(CS(=O)(=O)Nc2ccc(S(=O)(=O)N3CCCC3)cc2)cc1. The average Bonchev–Trinajstić information content (AvgIpc) is 3.23. The largest absolute Gasteiger partial charge is 0.465 e. The Morgan fingerprint density at radius 3 is 2.10 bits per heavy atom. The summed E-state index contributed by atoms with van der Waals surface area (Å²) in [5.41, 5.74) is 1.10. The number of carbonyl (C=O) groups is 1. The fraction of sp³-hybridized carbons (Fsp3) is 0.316. The lowest BCUT2D eigenvalue weighted by Gasteiger charge is -2.16. The first-order valence-corrected chi connectivity index (χ1v) is 12.1. The highest BCUT2D eigenvalue weighted by molar-refractivity contribution is 7.92.